The van der Waals surface area contributed by atoms with Crippen molar-refractivity contribution in [2.75, 3.05) is 13.2 Å². The summed E-state index contributed by atoms with van der Waals surface area (Å²) in [6.07, 6.45) is 0.188. The molecule has 0 aliphatic carbocycles. The number of phenolic OH excluding ortho intramolecular Hbond substituents is 1. The zero-order valence-electron chi connectivity index (χ0n) is 11.1. The molecule has 1 saturated heterocycles. The van der Waals surface area contributed by atoms with Crippen molar-refractivity contribution in [2.45, 2.75) is 32.0 Å². The van der Waals surface area contributed by atoms with Crippen LogP contribution in [0.15, 0.2) is 18.2 Å². The molecule has 0 saturated carbocycles. The molecule has 2 atom stereocenters. The Morgan fingerprint density at radius 2 is 2.32 bits per heavy atom. The number of aromatic hydroxyl groups is 1. The molecule has 5 heteroatoms. The van der Waals surface area contributed by atoms with E-state index in [4.69, 9.17) is 4.74 Å². The van der Waals surface area contributed by atoms with Gasteiger partial charge in [-0.2, -0.15) is 0 Å². The Kier molecular flexibility index (Phi) is 3.78. The number of nitrogens with one attached hydrogen (secondary N) is 1. The summed E-state index contributed by atoms with van der Waals surface area (Å²) < 4.78 is 5.30. The number of benzene rings is 1. The van der Waals surface area contributed by atoms with Crippen molar-refractivity contribution in [3.63, 3.8) is 0 Å². The number of rotatable bonds is 3. The lowest BCUT2D eigenvalue weighted by atomic mass is 9.96. The molecule has 0 radical (unpaired) electrons. The second-order valence-corrected chi connectivity index (χ2v) is 5.02. The predicted octanol–water partition coefficient (Wildman–Crippen LogP) is 0.970. The standard InChI is InChI=1S/C14H19NO4/c1-9-4-3-5-11(12(9)16)13(17)15-8-14(18)6-7-19-10(14)2/h3-5,10,16,18H,6-8H2,1-2H3,(H,15,17). The average Bonchev–Trinajstić information content (AvgIpc) is 2.71. The van der Waals surface area contributed by atoms with E-state index in [1.807, 2.05) is 0 Å². The minimum atomic E-state index is -1.03. The van der Waals surface area contributed by atoms with Crippen molar-refractivity contribution in [1.29, 1.82) is 0 Å². The molecule has 0 bridgehead atoms. The summed E-state index contributed by atoms with van der Waals surface area (Å²) in [7, 11) is 0. The van der Waals surface area contributed by atoms with Gasteiger partial charge >= 0.3 is 0 Å². The van der Waals surface area contributed by atoms with Gasteiger partial charge in [0.05, 0.1) is 11.7 Å². The molecule has 2 rings (SSSR count). The normalized spacial score (nSPS) is 26.4. The lowest BCUT2D eigenvalue weighted by Gasteiger charge is -2.26. The molecule has 1 aliphatic rings. The summed E-state index contributed by atoms with van der Waals surface area (Å²) in [5.74, 6) is -0.420. The number of aryl methyl sites for hydroxylation is 1. The van der Waals surface area contributed by atoms with E-state index >= 15 is 0 Å². The predicted molar refractivity (Wildman–Crippen MR) is 70.2 cm³/mol. The Morgan fingerprint density at radius 1 is 1.58 bits per heavy atom. The Labute approximate surface area is 112 Å². The third-order valence-electron chi connectivity index (χ3n) is 3.70. The molecule has 1 aromatic carbocycles. The lowest BCUT2D eigenvalue weighted by molar-refractivity contribution is -0.0251. The van der Waals surface area contributed by atoms with Crippen LogP contribution in [-0.2, 0) is 4.74 Å². The van der Waals surface area contributed by atoms with Gasteiger partial charge < -0.3 is 20.3 Å². The number of para-hydroxylation sites is 1. The highest BCUT2D eigenvalue weighted by Crippen LogP contribution is 2.25. The van der Waals surface area contributed by atoms with Crippen molar-refractivity contribution in [3.8, 4) is 5.75 Å². The maximum atomic E-state index is 12.0. The fourth-order valence-corrected chi connectivity index (χ4v) is 2.17. The molecular weight excluding hydrogens is 246 g/mol. The molecule has 104 valence electrons. The lowest BCUT2D eigenvalue weighted by Crippen LogP contribution is -2.47. The van der Waals surface area contributed by atoms with E-state index in [0.717, 1.165) is 0 Å². The highest BCUT2D eigenvalue weighted by atomic mass is 16.5. The highest BCUT2D eigenvalue weighted by Gasteiger charge is 2.39. The van der Waals surface area contributed by atoms with Gasteiger partial charge in [0.15, 0.2) is 0 Å². The quantitative estimate of drug-likeness (QED) is 0.761. The van der Waals surface area contributed by atoms with Gasteiger partial charge in [-0.25, -0.2) is 0 Å². The van der Waals surface area contributed by atoms with Crippen molar-refractivity contribution in [1.82, 2.24) is 5.32 Å². The Hall–Kier alpha value is -1.59. The third kappa shape index (κ3) is 2.72. The maximum Gasteiger partial charge on any atom is 0.255 e. The molecule has 0 aromatic heterocycles. The van der Waals surface area contributed by atoms with E-state index < -0.39 is 11.5 Å². The van der Waals surface area contributed by atoms with Crippen LogP contribution < -0.4 is 5.32 Å². The summed E-state index contributed by atoms with van der Waals surface area (Å²) in [6, 6.07) is 4.99. The van der Waals surface area contributed by atoms with Crippen molar-refractivity contribution >= 4 is 5.91 Å². The molecule has 1 heterocycles. The first-order chi connectivity index (χ1) is 8.94. The number of hydrogen-bond donors (Lipinski definition) is 3. The van der Waals surface area contributed by atoms with Gasteiger partial charge in [-0.1, -0.05) is 12.1 Å². The maximum absolute atomic E-state index is 12.0. The first-order valence-corrected chi connectivity index (χ1v) is 6.35. The number of carbonyl (C=O) groups is 1. The van der Waals surface area contributed by atoms with Crippen LogP contribution in [0.2, 0.25) is 0 Å². The number of hydrogen-bond acceptors (Lipinski definition) is 4. The third-order valence-corrected chi connectivity index (χ3v) is 3.70. The summed E-state index contributed by atoms with van der Waals surface area (Å²) in [4.78, 5) is 12.0. The summed E-state index contributed by atoms with van der Waals surface area (Å²) >= 11 is 0. The van der Waals surface area contributed by atoms with E-state index in [2.05, 4.69) is 5.32 Å². The smallest absolute Gasteiger partial charge is 0.255 e. The van der Waals surface area contributed by atoms with Crippen molar-refractivity contribution in [2.24, 2.45) is 0 Å². The van der Waals surface area contributed by atoms with Crippen molar-refractivity contribution in [3.05, 3.63) is 29.3 Å². The van der Waals surface area contributed by atoms with E-state index in [1.54, 1.807) is 32.0 Å². The molecule has 19 heavy (non-hydrogen) atoms. The monoisotopic (exact) mass is 265 g/mol. The van der Waals surface area contributed by atoms with Gasteiger partial charge in [0, 0.05) is 19.6 Å². The minimum absolute atomic E-state index is 0.0253. The summed E-state index contributed by atoms with van der Waals surface area (Å²) in [5.41, 5.74) is -0.172. The van der Waals surface area contributed by atoms with E-state index in [9.17, 15) is 15.0 Å². The van der Waals surface area contributed by atoms with Crippen LogP contribution in [0.1, 0.15) is 29.3 Å². The molecule has 1 fully saturated rings. The number of ether oxygens (including phenoxy) is 1. The second kappa shape index (κ2) is 5.19. The zero-order chi connectivity index (χ0) is 14.0. The minimum Gasteiger partial charge on any atom is -0.507 e. The van der Waals surface area contributed by atoms with Gasteiger partial charge in [-0.15, -0.1) is 0 Å². The molecule has 2 unspecified atom stereocenters. The molecule has 3 N–H and O–H groups in total. The van der Waals surface area contributed by atoms with Crippen LogP contribution in [0.25, 0.3) is 0 Å². The van der Waals surface area contributed by atoms with Gasteiger partial charge in [-0.05, 0) is 25.5 Å². The van der Waals surface area contributed by atoms with Crippen molar-refractivity contribution < 1.29 is 19.7 Å². The van der Waals surface area contributed by atoms with E-state index in [1.165, 1.54) is 0 Å². The SMILES string of the molecule is Cc1cccc(C(=O)NCC2(O)CCOC2C)c1O. The first-order valence-electron chi connectivity index (χ1n) is 6.35. The molecular formula is C14H19NO4. The fraction of sp³-hybridized carbons (Fsp3) is 0.500. The largest absolute Gasteiger partial charge is 0.507 e. The topological polar surface area (TPSA) is 78.8 Å². The summed E-state index contributed by atoms with van der Waals surface area (Å²) in [5, 5.41) is 22.8. The highest BCUT2D eigenvalue weighted by molar-refractivity contribution is 5.97. The number of amides is 1. The Balaban J connectivity index is 2.04. The van der Waals surface area contributed by atoms with Crippen LogP contribution in [0.5, 0.6) is 5.75 Å². The molecule has 1 amide bonds. The summed E-state index contributed by atoms with van der Waals surface area (Å²) in [6.45, 7) is 4.11. The van der Waals surface area contributed by atoms with Crippen LogP contribution in [0.3, 0.4) is 0 Å². The van der Waals surface area contributed by atoms with Crippen LogP contribution in [0.4, 0.5) is 0 Å². The number of carbonyl (C=O) groups excluding carboxylic acids is 1. The second-order valence-electron chi connectivity index (χ2n) is 5.02. The van der Waals surface area contributed by atoms with E-state index in [0.29, 0.717) is 18.6 Å². The Morgan fingerprint density at radius 3 is 2.95 bits per heavy atom. The zero-order valence-corrected chi connectivity index (χ0v) is 11.1. The first kappa shape index (κ1) is 13.8. The van der Waals surface area contributed by atoms with E-state index in [-0.39, 0.29) is 24.0 Å². The molecule has 5 nitrogen and oxygen atoms in total. The van der Waals surface area contributed by atoms with Crippen LogP contribution >= 0.6 is 0 Å². The van der Waals surface area contributed by atoms with Crippen LogP contribution in [0, 0.1) is 6.92 Å². The van der Waals surface area contributed by atoms with Gasteiger partial charge in [-0.3, -0.25) is 4.79 Å². The molecule has 0 spiro atoms. The average molecular weight is 265 g/mol. The fourth-order valence-electron chi connectivity index (χ4n) is 2.17. The van der Waals surface area contributed by atoms with Gasteiger partial charge in [0.2, 0.25) is 0 Å². The Bertz CT molecular complexity index is 488. The van der Waals surface area contributed by atoms with Gasteiger partial charge in [0.1, 0.15) is 11.4 Å². The number of aliphatic hydroxyl groups is 1. The van der Waals surface area contributed by atoms with Gasteiger partial charge in [0.25, 0.3) is 5.91 Å². The molecule has 1 aliphatic heterocycles. The number of phenols is 1. The molecule has 1 aromatic rings. The van der Waals surface area contributed by atoms with Crippen LogP contribution in [-0.4, -0.2) is 41.0 Å².